The van der Waals surface area contributed by atoms with Crippen molar-refractivity contribution in [3.05, 3.63) is 48.5 Å². The molecule has 4 N–H and O–H groups in total. The summed E-state index contributed by atoms with van der Waals surface area (Å²) < 4.78 is 5.66. The summed E-state index contributed by atoms with van der Waals surface area (Å²) in [4.78, 5) is 31.7. The van der Waals surface area contributed by atoms with Gasteiger partial charge in [-0.25, -0.2) is 6.42 Å². The van der Waals surface area contributed by atoms with Crippen LogP contribution in [0.3, 0.4) is 0 Å². The van der Waals surface area contributed by atoms with Crippen LogP contribution in [0, 0.1) is 6.42 Å². The summed E-state index contributed by atoms with van der Waals surface area (Å²) in [5.74, 6) is -0.956. The van der Waals surface area contributed by atoms with E-state index in [1.165, 1.54) is 6.42 Å². The zero-order chi connectivity index (χ0) is 22.8. The number of aromatic nitrogens is 1. The predicted molar refractivity (Wildman–Crippen MR) is 113 cm³/mol. The molecule has 1 aromatic carbocycles. The molecule has 9 nitrogen and oxygen atoms in total. The van der Waals surface area contributed by atoms with Crippen molar-refractivity contribution in [2.24, 2.45) is 0 Å². The number of fused-ring (bicyclic) bond motifs is 1. The van der Waals surface area contributed by atoms with E-state index in [1.807, 2.05) is 32.9 Å². The van der Waals surface area contributed by atoms with Gasteiger partial charge in [0.25, 0.3) is 5.91 Å². The largest absolute Gasteiger partial charge is 0.422 e. The average Bonchev–Trinajstić information content (AvgIpc) is 2.71. The van der Waals surface area contributed by atoms with Gasteiger partial charge in [0.2, 0.25) is 5.91 Å². The van der Waals surface area contributed by atoms with Crippen LogP contribution in [0.25, 0.3) is 10.9 Å². The third kappa shape index (κ3) is 6.30. The Morgan fingerprint density at radius 1 is 1.22 bits per heavy atom. The maximum atomic E-state index is 13.5. The van der Waals surface area contributed by atoms with Crippen molar-refractivity contribution < 1.29 is 62.4 Å². The van der Waals surface area contributed by atoms with Crippen molar-refractivity contribution in [2.45, 2.75) is 50.8 Å². The van der Waals surface area contributed by atoms with E-state index < -0.39 is 48.5 Å². The molecule has 1 radical (unpaired) electrons. The van der Waals surface area contributed by atoms with Gasteiger partial charge in [-0.1, -0.05) is 18.2 Å². The Morgan fingerprint density at radius 2 is 1.91 bits per heavy atom. The van der Waals surface area contributed by atoms with E-state index in [2.05, 4.69) is 10.3 Å². The molecule has 1 aliphatic heterocycles. The molecule has 2 aromatic rings. The van der Waals surface area contributed by atoms with Gasteiger partial charge in [0, 0.05) is 56.1 Å². The number of amides is 2. The number of benzene rings is 1. The molecule has 1 fully saturated rings. The first kappa shape index (κ1) is 26.8. The maximum Gasteiger partial charge on any atom is 0.256 e. The number of ether oxygens (including phenoxy) is 1. The zero-order valence-electron chi connectivity index (χ0n) is 18.3. The standard InChI is InChI=1S/C22H28N3O6.Y/c1-22(2,3)24-17(28)11-25(18-10-15(27)20(29)16(12-26)31-18)21(30)14-8-4-6-13-7-5-9-23-19(13)14;/h4-10,15-16,18,20,26-27,29H,11-12H2,1-3H3,(H,24,28);/q-1;/t15-,16?,18-,20-;/m1./s1. The minimum atomic E-state index is -1.35. The third-order valence-corrected chi connectivity index (χ3v) is 4.85. The molecule has 3 rings (SSSR count). The van der Waals surface area contributed by atoms with E-state index in [0.717, 1.165) is 10.3 Å². The number of carbonyl (C=O) groups excluding carboxylic acids is 2. The number of aliphatic hydroxyl groups is 3. The molecule has 32 heavy (non-hydrogen) atoms. The van der Waals surface area contributed by atoms with Crippen molar-refractivity contribution in [3.63, 3.8) is 0 Å². The van der Waals surface area contributed by atoms with Crippen LogP contribution in [0.1, 0.15) is 31.1 Å². The number of aliphatic hydroxyl groups excluding tert-OH is 3. The van der Waals surface area contributed by atoms with Crippen LogP contribution in [-0.2, 0) is 42.2 Å². The first-order chi connectivity index (χ1) is 14.6. The minimum Gasteiger partial charge on any atom is -0.422 e. The van der Waals surface area contributed by atoms with Crippen LogP contribution >= 0.6 is 0 Å². The summed E-state index contributed by atoms with van der Waals surface area (Å²) in [6.45, 7) is 4.53. The molecule has 1 saturated heterocycles. The Bertz CT molecular complexity index is 945. The molecule has 0 spiro atoms. The predicted octanol–water partition coefficient (Wildman–Crippen LogP) is 0.232. The fourth-order valence-corrected chi connectivity index (χ4v) is 3.46. The second kappa shape index (κ2) is 11.1. The van der Waals surface area contributed by atoms with Gasteiger partial charge >= 0.3 is 0 Å². The van der Waals surface area contributed by atoms with E-state index in [1.54, 1.807) is 24.4 Å². The molecular formula is C22H28N3O6Y-. The molecule has 4 atom stereocenters. The molecule has 0 aliphatic carbocycles. The smallest absolute Gasteiger partial charge is 0.256 e. The number of para-hydroxylation sites is 1. The minimum absolute atomic E-state index is 0. The quantitative estimate of drug-likeness (QED) is 0.416. The monoisotopic (exact) mass is 519 g/mol. The van der Waals surface area contributed by atoms with Gasteiger partial charge in [0.15, 0.2) is 0 Å². The summed E-state index contributed by atoms with van der Waals surface area (Å²) in [5, 5.41) is 33.3. The van der Waals surface area contributed by atoms with Crippen LogP contribution in [-0.4, -0.2) is 80.2 Å². The number of hydrogen-bond acceptors (Lipinski definition) is 7. The van der Waals surface area contributed by atoms with E-state index in [0.29, 0.717) is 5.52 Å². The molecule has 0 saturated carbocycles. The average molecular weight is 519 g/mol. The molecule has 171 valence electrons. The number of rotatable bonds is 5. The Morgan fingerprint density at radius 3 is 2.56 bits per heavy atom. The number of carbonyl (C=O) groups is 2. The van der Waals surface area contributed by atoms with Gasteiger partial charge in [-0.3, -0.25) is 14.6 Å². The van der Waals surface area contributed by atoms with Gasteiger partial charge in [0.1, 0.15) is 6.10 Å². The van der Waals surface area contributed by atoms with Crippen LogP contribution in [0.4, 0.5) is 0 Å². The van der Waals surface area contributed by atoms with Crippen molar-refractivity contribution in [2.75, 3.05) is 13.2 Å². The molecule has 1 aliphatic rings. The maximum absolute atomic E-state index is 13.5. The molecule has 2 amide bonds. The Balaban J connectivity index is 0.00000363. The Hall–Kier alpha value is -1.49. The van der Waals surface area contributed by atoms with E-state index in [-0.39, 0.29) is 44.8 Å². The Labute approximate surface area is 212 Å². The van der Waals surface area contributed by atoms with Crippen molar-refractivity contribution in [1.82, 2.24) is 15.2 Å². The van der Waals surface area contributed by atoms with E-state index in [4.69, 9.17) is 4.74 Å². The summed E-state index contributed by atoms with van der Waals surface area (Å²) in [7, 11) is 0. The topological polar surface area (TPSA) is 132 Å². The fraction of sp³-hybridized carbons (Fsp3) is 0.455. The number of nitrogens with zero attached hydrogens (tertiary/aromatic N) is 2. The molecule has 1 aromatic heterocycles. The van der Waals surface area contributed by atoms with E-state index >= 15 is 0 Å². The molecule has 10 heteroatoms. The number of nitrogens with one attached hydrogen (secondary N) is 1. The van der Waals surface area contributed by atoms with Crippen molar-refractivity contribution in [1.29, 1.82) is 0 Å². The molecule has 1 unspecified atom stereocenters. The van der Waals surface area contributed by atoms with Crippen LogP contribution in [0.2, 0.25) is 0 Å². The number of pyridine rings is 1. The number of hydrogen-bond donors (Lipinski definition) is 4. The van der Waals surface area contributed by atoms with Crippen LogP contribution in [0.5, 0.6) is 0 Å². The normalized spacial score (nSPS) is 23.3. The summed E-state index contributed by atoms with van der Waals surface area (Å²) >= 11 is 0. The van der Waals surface area contributed by atoms with Gasteiger partial charge in [-0.2, -0.15) is 0 Å². The third-order valence-electron chi connectivity index (χ3n) is 4.85. The van der Waals surface area contributed by atoms with Gasteiger partial charge in [0.05, 0.1) is 30.3 Å². The molecular weight excluding hydrogens is 491 g/mol. The van der Waals surface area contributed by atoms with Crippen LogP contribution in [0.15, 0.2) is 36.5 Å². The summed E-state index contributed by atoms with van der Waals surface area (Å²) in [6, 6.07) is 8.71. The second-order valence-electron chi connectivity index (χ2n) is 8.53. The second-order valence-corrected chi connectivity index (χ2v) is 8.53. The van der Waals surface area contributed by atoms with E-state index in [9.17, 15) is 24.9 Å². The first-order valence-corrected chi connectivity index (χ1v) is 10.0. The summed E-state index contributed by atoms with van der Waals surface area (Å²) in [5.41, 5.74) is 0.207. The van der Waals surface area contributed by atoms with Gasteiger partial charge < -0.3 is 30.3 Å². The van der Waals surface area contributed by atoms with Crippen molar-refractivity contribution >= 4 is 22.7 Å². The fourth-order valence-electron chi connectivity index (χ4n) is 3.46. The zero-order valence-corrected chi connectivity index (χ0v) is 21.1. The van der Waals surface area contributed by atoms with Gasteiger partial charge in [-0.15, -0.1) is 0 Å². The SMILES string of the molecule is CC(C)(C)NC(=O)CN(C(=O)c1cccc2cccnc12)[C@H]1[CH-][C@@H](O)[C@@H](O)C(CO)O1.[Y]. The van der Waals surface area contributed by atoms with Gasteiger partial charge in [-0.05, 0) is 39.0 Å². The van der Waals surface area contributed by atoms with Crippen molar-refractivity contribution in [3.8, 4) is 0 Å². The molecule has 0 bridgehead atoms. The van der Waals surface area contributed by atoms with Crippen LogP contribution < -0.4 is 5.32 Å². The summed E-state index contributed by atoms with van der Waals surface area (Å²) in [6.07, 6.45) is -2.15. The molecule has 2 heterocycles. The first-order valence-electron chi connectivity index (χ1n) is 10.0. The Kier molecular flexibility index (Phi) is 9.28.